The van der Waals surface area contributed by atoms with Crippen LogP contribution >= 0.6 is 0 Å². The summed E-state index contributed by atoms with van der Waals surface area (Å²) in [7, 11) is 0. The van der Waals surface area contributed by atoms with Crippen molar-refractivity contribution < 1.29 is 20.1 Å². The summed E-state index contributed by atoms with van der Waals surface area (Å²) in [6, 6.07) is 0. The summed E-state index contributed by atoms with van der Waals surface area (Å²) in [4.78, 5) is 10.7. The molecule has 3 aliphatic rings. The van der Waals surface area contributed by atoms with Gasteiger partial charge in [-0.2, -0.15) is 0 Å². The predicted molar refractivity (Wildman–Crippen MR) is 100 cm³/mol. The molecule has 3 aliphatic carbocycles. The molecule has 0 radical (unpaired) electrons. The summed E-state index contributed by atoms with van der Waals surface area (Å²) in [6.07, 6.45) is 9.31. The second-order valence-corrected chi connectivity index (χ2v) is 8.41. The Balaban J connectivity index is 1.65. The van der Waals surface area contributed by atoms with Crippen LogP contribution in [0.3, 0.4) is 0 Å². The number of hydrogen-bond acceptors (Lipinski definition) is 3. The molecule has 0 amide bonds. The Kier molecular flexibility index (Phi) is 6.42. The number of aliphatic hydroxyl groups excluding tert-OH is 2. The largest absolute Gasteiger partial charge is 0.481 e. The zero-order valence-electron chi connectivity index (χ0n) is 15.7. The summed E-state index contributed by atoms with van der Waals surface area (Å²) in [5, 5.41) is 29.7. The molecule has 26 heavy (non-hydrogen) atoms. The summed E-state index contributed by atoms with van der Waals surface area (Å²) in [5.74, 6) is 6.89. The second-order valence-electron chi connectivity index (χ2n) is 8.41. The molecule has 3 fully saturated rings. The lowest BCUT2D eigenvalue weighted by Crippen LogP contribution is -2.50. The van der Waals surface area contributed by atoms with E-state index in [4.69, 9.17) is 5.11 Å². The van der Waals surface area contributed by atoms with Gasteiger partial charge in [-0.15, -0.1) is 0 Å². The van der Waals surface area contributed by atoms with Gasteiger partial charge in [0.15, 0.2) is 0 Å². The van der Waals surface area contributed by atoms with Crippen LogP contribution in [0.1, 0.15) is 64.7 Å². The molecular formula is C22H32O4. The van der Waals surface area contributed by atoms with Gasteiger partial charge in [0.2, 0.25) is 0 Å². The molecule has 6 unspecified atom stereocenters. The first-order valence-electron chi connectivity index (χ1n) is 10.3. The number of aliphatic hydroxyl groups is 2. The molecule has 3 rings (SSSR count). The van der Waals surface area contributed by atoms with Crippen LogP contribution in [0.2, 0.25) is 0 Å². The quantitative estimate of drug-likeness (QED) is 0.530. The molecular weight excluding hydrogens is 328 g/mol. The van der Waals surface area contributed by atoms with Crippen molar-refractivity contribution in [1.29, 1.82) is 0 Å². The fourth-order valence-corrected chi connectivity index (χ4v) is 5.36. The van der Waals surface area contributed by atoms with E-state index in [1.165, 1.54) is 24.8 Å². The molecule has 0 aromatic rings. The van der Waals surface area contributed by atoms with Crippen molar-refractivity contribution in [3.63, 3.8) is 0 Å². The first kappa shape index (κ1) is 19.5. The summed E-state index contributed by atoms with van der Waals surface area (Å²) in [5.41, 5.74) is 1.35. The maximum Gasteiger partial charge on any atom is 0.303 e. The fourth-order valence-electron chi connectivity index (χ4n) is 5.36. The van der Waals surface area contributed by atoms with Gasteiger partial charge in [-0.3, -0.25) is 4.79 Å². The maximum atomic E-state index is 10.7. The van der Waals surface area contributed by atoms with E-state index >= 15 is 0 Å². The van der Waals surface area contributed by atoms with E-state index in [0.717, 1.165) is 25.7 Å². The Morgan fingerprint density at radius 3 is 2.65 bits per heavy atom. The Morgan fingerprint density at radius 1 is 1.23 bits per heavy atom. The van der Waals surface area contributed by atoms with Gasteiger partial charge in [0, 0.05) is 6.42 Å². The van der Waals surface area contributed by atoms with E-state index in [-0.39, 0.29) is 18.3 Å². The fraction of sp³-hybridized carbons (Fsp3) is 0.773. The van der Waals surface area contributed by atoms with E-state index in [1.54, 1.807) is 0 Å². The van der Waals surface area contributed by atoms with Crippen molar-refractivity contribution in [3.05, 3.63) is 11.6 Å². The summed E-state index contributed by atoms with van der Waals surface area (Å²) >= 11 is 0. The van der Waals surface area contributed by atoms with E-state index in [0.29, 0.717) is 24.2 Å². The molecule has 0 spiro atoms. The van der Waals surface area contributed by atoms with Crippen molar-refractivity contribution in [2.45, 2.75) is 76.9 Å². The van der Waals surface area contributed by atoms with Gasteiger partial charge >= 0.3 is 5.97 Å². The minimum atomic E-state index is -0.759. The number of hydrogen-bond donors (Lipinski definition) is 3. The first-order valence-corrected chi connectivity index (χ1v) is 10.3. The van der Waals surface area contributed by atoms with E-state index in [9.17, 15) is 15.0 Å². The third-order valence-electron chi connectivity index (χ3n) is 6.83. The number of allylic oxidation sites excluding steroid dienone is 2. The van der Waals surface area contributed by atoms with Crippen LogP contribution in [0.4, 0.5) is 0 Å². The number of carboxylic acids is 1. The van der Waals surface area contributed by atoms with E-state index in [1.807, 2.05) is 0 Å². The monoisotopic (exact) mass is 360 g/mol. The summed E-state index contributed by atoms with van der Waals surface area (Å²) < 4.78 is 0. The van der Waals surface area contributed by atoms with Crippen molar-refractivity contribution in [1.82, 2.24) is 0 Å². The molecule has 6 atom stereocenters. The van der Waals surface area contributed by atoms with Crippen LogP contribution in [0.25, 0.3) is 0 Å². The van der Waals surface area contributed by atoms with Crippen LogP contribution in [-0.2, 0) is 4.79 Å². The highest BCUT2D eigenvalue weighted by molar-refractivity contribution is 5.66. The topological polar surface area (TPSA) is 77.8 Å². The third kappa shape index (κ3) is 4.15. The summed E-state index contributed by atoms with van der Waals surface area (Å²) in [6.45, 7) is 2.16. The van der Waals surface area contributed by atoms with E-state index in [2.05, 4.69) is 24.8 Å². The zero-order chi connectivity index (χ0) is 18.7. The number of fused-ring (bicyclic) bond motifs is 1. The number of carbonyl (C=O) groups is 1. The van der Waals surface area contributed by atoms with Gasteiger partial charge in [0.25, 0.3) is 0 Å². The van der Waals surface area contributed by atoms with Crippen LogP contribution in [0, 0.1) is 41.4 Å². The second kappa shape index (κ2) is 8.59. The molecule has 144 valence electrons. The van der Waals surface area contributed by atoms with Gasteiger partial charge in [0.05, 0.1) is 12.0 Å². The van der Waals surface area contributed by atoms with Crippen LogP contribution in [-0.4, -0.2) is 33.5 Å². The Hall–Kier alpha value is -1.31. The molecule has 0 aliphatic heterocycles. The van der Waals surface area contributed by atoms with Crippen LogP contribution in [0.5, 0.6) is 0 Å². The maximum absolute atomic E-state index is 10.7. The molecule has 4 nitrogen and oxygen atoms in total. The standard InChI is InChI=1S/C22H32O4/c1-14-16(8-5-9-21(25)26)17-10-13-20(24)18(22(14)17)11-12-19(23)15-6-3-2-4-7-15/h8,14-15,17-20,22-24H,2-7,9-10,13H2,1H3,(H,25,26). The van der Waals surface area contributed by atoms with Gasteiger partial charge < -0.3 is 15.3 Å². The normalized spacial score (nSPS) is 37.2. The number of carboxylic acid groups (broad SMARTS) is 1. The van der Waals surface area contributed by atoms with Crippen molar-refractivity contribution in [2.24, 2.45) is 29.6 Å². The molecule has 3 saturated carbocycles. The Morgan fingerprint density at radius 2 is 1.96 bits per heavy atom. The highest BCUT2D eigenvalue weighted by Gasteiger charge is 2.51. The molecule has 0 aromatic carbocycles. The molecule has 0 bridgehead atoms. The van der Waals surface area contributed by atoms with Gasteiger partial charge in [0.1, 0.15) is 6.10 Å². The molecule has 0 aromatic heterocycles. The van der Waals surface area contributed by atoms with E-state index < -0.39 is 18.2 Å². The third-order valence-corrected chi connectivity index (χ3v) is 6.83. The minimum absolute atomic E-state index is 0.0707. The smallest absolute Gasteiger partial charge is 0.303 e. The Labute approximate surface area is 156 Å². The lowest BCUT2D eigenvalue weighted by molar-refractivity contribution is -0.136. The lowest BCUT2D eigenvalue weighted by atomic mass is 9.51. The van der Waals surface area contributed by atoms with Gasteiger partial charge in [-0.1, -0.05) is 49.7 Å². The molecule has 0 heterocycles. The minimum Gasteiger partial charge on any atom is -0.481 e. The number of rotatable bonds is 4. The highest BCUT2D eigenvalue weighted by Crippen LogP contribution is 2.55. The van der Waals surface area contributed by atoms with Crippen molar-refractivity contribution >= 4 is 5.97 Å². The van der Waals surface area contributed by atoms with Crippen LogP contribution in [0.15, 0.2) is 11.6 Å². The molecule has 0 saturated heterocycles. The lowest BCUT2D eigenvalue weighted by Gasteiger charge is -2.53. The van der Waals surface area contributed by atoms with Crippen molar-refractivity contribution in [2.75, 3.05) is 0 Å². The van der Waals surface area contributed by atoms with Crippen LogP contribution < -0.4 is 0 Å². The first-order chi connectivity index (χ1) is 12.5. The molecule has 3 N–H and O–H groups in total. The molecule has 4 heteroatoms. The predicted octanol–water partition coefficient (Wildman–Crippen LogP) is 3.38. The Bertz CT molecular complexity index is 593. The number of aliphatic carboxylic acids is 1. The SMILES string of the molecule is CC1C(=CCCC(=O)O)C2CCC(O)C(C#CC(O)C3CCCCC3)C12. The van der Waals surface area contributed by atoms with Gasteiger partial charge in [-0.05, 0) is 55.8 Å². The van der Waals surface area contributed by atoms with Gasteiger partial charge in [-0.25, -0.2) is 0 Å². The highest BCUT2D eigenvalue weighted by atomic mass is 16.4. The zero-order valence-corrected chi connectivity index (χ0v) is 15.7. The van der Waals surface area contributed by atoms with Crippen molar-refractivity contribution in [3.8, 4) is 11.8 Å². The average molecular weight is 360 g/mol. The average Bonchev–Trinajstić information content (AvgIpc) is 2.64.